The van der Waals surface area contributed by atoms with E-state index in [1.165, 1.54) is 17.1 Å². The molecule has 0 saturated carbocycles. The number of benzene rings is 2. The molecule has 4 amide bonds. The summed E-state index contributed by atoms with van der Waals surface area (Å²) in [6, 6.07) is 8.96. The molecular formula is C76H88N8O15. The quantitative estimate of drug-likeness (QED) is 0.0267. The molecule has 0 spiro atoms. The van der Waals surface area contributed by atoms with Crippen molar-refractivity contribution in [3.8, 4) is 22.8 Å². The number of fused-ring (bicyclic) bond motifs is 10. The van der Waals surface area contributed by atoms with E-state index in [1.807, 2.05) is 52.0 Å². The molecule has 23 nitrogen and oxygen atoms in total. The van der Waals surface area contributed by atoms with Crippen LogP contribution in [0.1, 0.15) is 187 Å². The Balaban J connectivity index is 0.000000206. The third kappa shape index (κ3) is 12.7. The van der Waals surface area contributed by atoms with Gasteiger partial charge in [-0.05, 0) is 148 Å². The van der Waals surface area contributed by atoms with Gasteiger partial charge in [0, 0.05) is 83.3 Å². The van der Waals surface area contributed by atoms with Gasteiger partial charge in [-0.15, -0.1) is 0 Å². The van der Waals surface area contributed by atoms with E-state index in [-0.39, 0.29) is 128 Å². The highest BCUT2D eigenvalue weighted by atomic mass is 16.6. The number of amides is 4. The van der Waals surface area contributed by atoms with Gasteiger partial charge in [0.1, 0.15) is 19.0 Å². The van der Waals surface area contributed by atoms with Crippen LogP contribution in [0.2, 0.25) is 0 Å². The number of imide groups is 1. The Kier molecular flexibility index (Phi) is 20.0. The van der Waals surface area contributed by atoms with Gasteiger partial charge in [-0.25, -0.2) is 19.6 Å². The molecule has 23 heteroatoms. The van der Waals surface area contributed by atoms with Gasteiger partial charge < -0.3 is 45.2 Å². The fourth-order valence-electron chi connectivity index (χ4n) is 15.3. The molecule has 2 aromatic carbocycles. The van der Waals surface area contributed by atoms with Crippen LogP contribution in [-0.2, 0) is 129 Å². The number of unbranched alkanes of at least 4 members (excludes halogenated alkanes) is 2. The van der Waals surface area contributed by atoms with E-state index < -0.39 is 47.2 Å². The van der Waals surface area contributed by atoms with E-state index in [2.05, 4.69) is 10.6 Å². The average Bonchev–Trinajstić information content (AvgIpc) is 1.60. The number of carbonyl (C=O) groups excluding carboxylic acids is 9. The minimum atomic E-state index is -1.91. The zero-order valence-corrected chi connectivity index (χ0v) is 56.7. The van der Waals surface area contributed by atoms with E-state index in [0.717, 1.165) is 105 Å². The topological polar surface area (TPSA) is 336 Å². The molecule has 0 saturated heterocycles. The van der Waals surface area contributed by atoms with Gasteiger partial charge in [0.05, 0.1) is 76.2 Å². The number of rotatable bonds is 22. The number of aliphatic hydroxyl groups is 2. The number of hydrogen-bond donors (Lipinski definition) is 5. The van der Waals surface area contributed by atoms with Crippen LogP contribution in [0.3, 0.4) is 0 Å². The van der Waals surface area contributed by atoms with Gasteiger partial charge >= 0.3 is 11.9 Å². The summed E-state index contributed by atoms with van der Waals surface area (Å²) < 4.78 is 13.7. The number of cyclic esters (lactones) is 2. The number of pyridine rings is 4. The lowest BCUT2D eigenvalue weighted by Crippen LogP contribution is -2.49. The first-order valence-corrected chi connectivity index (χ1v) is 34.4. The van der Waals surface area contributed by atoms with Crippen molar-refractivity contribution < 1.29 is 62.8 Å². The molecule has 0 radical (unpaired) electrons. The zero-order chi connectivity index (χ0) is 70.1. The third-order valence-corrected chi connectivity index (χ3v) is 21.3. The Labute approximate surface area is 573 Å². The van der Waals surface area contributed by atoms with E-state index in [4.69, 9.17) is 25.2 Å². The predicted octanol–water partition coefficient (Wildman–Crippen LogP) is 6.71. The van der Waals surface area contributed by atoms with Crippen LogP contribution in [0, 0.1) is 17.8 Å². The molecule has 7 aliphatic rings. The minimum Gasteiger partial charge on any atom is -0.458 e. The molecule has 6 N–H and O–H groups in total. The summed E-state index contributed by atoms with van der Waals surface area (Å²) in [5.41, 5.74) is 14.7. The van der Waals surface area contributed by atoms with Crippen molar-refractivity contribution >= 4 is 74.7 Å². The smallest absolute Gasteiger partial charge is 0.343 e. The highest BCUT2D eigenvalue weighted by Gasteiger charge is 2.48. The van der Waals surface area contributed by atoms with Crippen molar-refractivity contribution in [3.05, 3.63) is 136 Å². The Hall–Kier alpha value is -9.19. The van der Waals surface area contributed by atoms with Gasteiger partial charge in [0.15, 0.2) is 22.8 Å². The van der Waals surface area contributed by atoms with Crippen molar-refractivity contribution in [2.24, 2.45) is 23.5 Å². The first kappa shape index (κ1) is 71.1. The van der Waals surface area contributed by atoms with Crippen LogP contribution in [0.5, 0.6) is 0 Å². The number of aromatic nitrogens is 4. The van der Waals surface area contributed by atoms with Crippen molar-refractivity contribution in [3.63, 3.8) is 0 Å². The molecule has 0 unspecified atom stereocenters. The Morgan fingerprint density at radius 1 is 0.586 bits per heavy atom. The Bertz CT molecular complexity index is 4580. The summed E-state index contributed by atoms with van der Waals surface area (Å²) in [5, 5.41) is 30.1. The van der Waals surface area contributed by atoms with Crippen molar-refractivity contribution in [2.75, 3.05) is 6.54 Å². The van der Waals surface area contributed by atoms with E-state index >= 15 is 0 Å². The number of ether oxygens (including phenoxy) is 2. The summed E-state index contributed by atoms with van der Waals surface area (Å²) in [4.78, 5) is 153. The lowest BCUT2D eigenvalue weighted by atomic mass is 9.83. The zero-order valence-electron chi connectivity index (χ0n) is 56.7. The molecule has 0 bridgehead atoms. The van der Waals surface area contributed by atoms with Gasteiger partial charge in [-0.2, -0.15) is 0 Å². The molecule has 522 valence electrons. The molecule has 0 fully saturated rings. The van der Waals surface area contributed by atoms with Crippen LogP contribution >= 0.6 is 0 Å². The molecule has 9 heterocycles. The maximum atomic E-state index is 13.8. The molecule has 6 aromatic rings. The molecule has 13 rings (SSSR count). The summed E-state index contributed by atoms with van der Waals surface area (Å²) in [5.74, 6) is -3.86. The third-order valence-electron chi connectivity index (χ3n) is 21.3. The van der Waals surface area contributed by atoms with Crippen LogP contribution in [0.4, 0.5) is 0 Å². The number of hydrogen-bond acceptors (Lipinski definition) is 18. The van der Waals surface area contributed by atoms with Gasteiger partial charge in [0.2, 0.25) is 11.8 Å². The second kappa shape index (κ2) is 27.8. The summed E-state index contributed by atoms with van der Waals surface area (Å²) >= 11 is 0. The Morgan fingerprint density at radius 3 is 1.46 bits per heavy atom. The molecule has 5 aliphatic heterocycles. The number of aryl methyl sites for hydroxylation is 4. The molecule has 99 heavy (non-hydrogen) atoms. The number of Topliss-reactive ketones (excluding diaryl/α,β-unsaturated/α-hetero) is 3. The van der Waals surface area contributed by atoms with E-state index in [1.54, 1.807) is 49.0 Å². The number of nitrogens with one attached hydrogen (secondary N) is 2. The van der Waals surface area contributed by atoms with E-state index in [0.29, 0.717) is 79.2 Å². The lowest BCUT2D eigenvalue weighted by molar-refractivity contribution is -0.172. The largest absolute Gasteiger partial charge is 0.458 e. The maximum Gasteiger partial charge on any atom is 0.343 e. The van der Waals surface area contributed by atoms with Crippen LogP contribution in [0.25, 0.3) is 44.6 Å². The second-order valence-corrected chi connectivity index (χ2v) is 28.0. The second-order valence-electron chi connectivity index (χ2n) is 28.0. The first-order chi connectivity index (χ1) is 46.7. The number of esters is 2. The standard InChI is InChI=1S/C43H48N4O9.C32H36N4O6.CH4/c1-5-43(55)32-20-34-39-30(21-47(34)41(53)31(32)22-56-42(43)54)28-12-9-11-27-25(13-14-33(45-39)38(27)28)18-35(49)24(4)44-40(52)29(23(2)3)19-26(48)10-7-6-8-17-46-36(50)15-16-37(46)51;1-5-32(41)22-12-24-28-20(13-36(24)30(39)21(22)14-42-31(32)40)19-8-6-7-18-17(9-10-23(35-28)26(18)19)11-25(37)16(4)34-29(38)27(33)15(2)3;/h13-16,20,23-24,29,55H,5-12,17-19,21-22H2,1-4H3,(H,44,52);9-10,12,15-16,27,41H,5-8,11,13-14,33H2,1-4H3,(H,34,38);1H4/t24-,29-,43-;16-,27-,32-;/m00./s1. The lowest BCUT2D eigenvalue weighted by Gasteiger charge is -2.31. The van der Waals surface area contributed by atoms with Crippen molar-refractivity contribution in [1.29, 1.82) is 0 Å². The number of nitrogens with two attached hydrogens (primary N) is 1. The highest BCUT2D eigenvalue weighted by Crippen LogP contribution is 2.46. The van der Waals surface area contributed by atoms with Crippen LogP contribution in [0.15, 0.2) is 58.1 Å². The van der Waals surface area contributed by atoms with Crippen LogP contribution in [-0.4, -0.2) is 112 Å². The monoisotopic (exact) mass is 1350 g/mol. The molecule has 2 aliphatic carbocycles. The molecule has 4 aromatic heterocycles. The average molecular weight is 1350 g/mol. The van der Waals surface area contributed by atoms with Gasteiger partial charge in [-0.3, -0.25) is 48.1 Å². The fourth-order valence-corrected chi connectivity index (χ4v) is 15.3. The van der Waals surface area contributed by atoms with Gasteiger partial charge in [-0.1, -0.05) is 67.5 Å². The van der Waals surface area contributed by atoms with Gasteiger partial charge in [0.25, 0.3) is 22.9 Å². The fraction of sp³-hybridized carbons (Fsp3) is 0.487. The summed E-state index contributed by atoms with van der Waals surface area (Å²) in [6.45, 7) is 14.8. The minimum absolute atomic E-state index is 0. The summed E-state index contributed by atoms with van der Waals surface area (Å²) in [6.07, 6.45) is 10.0. The molecular weight excluding hydrogens is 1260 g/mol. The molecule has 6 atom stereocenters. The normalized spacial score (nSPS) is 19.3. The van der Waals surface area contributed by atoms with E-state index in [9.17, 15) is 63.0 Å². The maximum absolute atomic E-state index is 13.8. The van der Waals surface area contributed by atoms with Crippen molar-refractivity contribution in [2.45, 2.75) is 215 Å². The number of nitrogens with zero attached hydrogens (tertiary/aromatic N) is 5. The summed E-state index contributed by atoms with van der Waals surface area (Å²) in [7, 11) is 0. The number of carbonyl (C=O) groups is 9. The predicted molar refractivity (Wildman–Crippen MR) is 368 cm³/mol. The Morgan fingerprint density at radius 2 is 1.03 bits per heavy atom. The van der Waals surface area contributed by atoms with Crippen molar-refractivity contribution in [1.82, 2.24) is 34.6 Å². The number of ketones is 3. The first-order valence-electron chi connectivity index (χ1n) is 34.4. The SMILES string of the molecule is C.CC[C@@]1(O)C(=O)OCc2c1cc1n(c2=O)Cc2c-1nc1ccc(CC(=O)[C@H](C)NC(=O)[C@@H](CC(=O)CCCCCN3C(=O)C=CC3=O)C(C)C)c3c1c2CCC3.CC[C@@]1(O)C(=O)OCc2c1cc1n(c2=O)Cc2c-1nc1ccc(CC(=O)[C@H](C)NC(=O)[C@@H](N)C(C)C)c3c1c2CCC3. The highest BCUT2D eigenvalue weighted by molar-refractivity contribution is 6.13. The van der Waals surface area contributed by atoms with Crippen LogP contribution < -0.4 is 27.5 Å².